The number of amides is 1. The Morgan fingerprint density at radius 2 is 2.17 bits per heavy atom. The summed E-state index contributed by atoms with van der Waals surface area (Å²) in [4.78, 5) is 15.8. The van der Waals surface area contributed by atoms with E-state index in [0.29, 0.717) is 6.61 Å². The maximum atomic E-state index is 11.7. The highest BCUT2D eigenvalue weighted by Crippen LogP contribution is 2.25. The van der Waals surface area contributed by atoms with Gasteiger partial charge in [-0.3, -0.25) is 9.69 Å². The minimum Gasteiger partial charge on any atom is -0.381 e. The number of hydrogen-bond donors (Lipinski definition) is 0. The molecule has 0 spiro atoms. The van der Waals surface area contributed by atoms with Gasteiger partial charge < -0.3 is 18.9 Å². The Hall–Kier alpha value is -1.37. The first-order valence-corrected chi connectivity index (χ1v) is 8.87. The molecule has 1 fully saturated rings. The van der Waals surface area contributed by atoms with Crippen molar-refractivity contribution in [3.8, 4) is 0 Å². The van der Waals surface area contributed by atoms with Crippen LogP contribution in [0.25, 0.3) is 0 Å². The maximum Gasteiger partial charge on any atom is 0.248 e. The predicted molar refractivity (Wildman–Crippen MR) is 91.8 cm³/mol. The molecule has 24 heavy (non-hydrogen) atoms. The molecule has 1 aromatic rings. The van der Waals surface area contributed by atoms with Crippen LogP contribution in [0.15, 0.2) is 18.3 Å². The van der Waals surface area contributed by atoms with Crippen LogP contribution in [0.2, 0.25) is 0 Å². The summed E-state index contributed by atoms with van der Waals surface area (Å²) in [5, 5.41) is 0. The van der Waals surface area contributed by atoms with Gasteiger partial charge in [-0.05, 0) is 30.9 Å². The number of ether oxygens (including phenoxy) is 2. The zero-order valence-electron chi connectivity index (χ0n) is 14.8. The predicted octanol–water partition coefficient (Wildman–Crippen LogP) is 1.38. The third kappa shape index (κ3) is 4.37. The second-order valence-corrected chi connectivity index (χ2v) is 7.11. The largest absolute Gasteiger partial charge is 0.381 e. The molecule has 1 saturated heterocycles. The van der Waals surface area contributed by atoms with Gasteiger partial charge in [0.1, 0.15) is 6.61 Å². The van der Waals surface area contributed by atoms with Crippen LogP contribution < -0.4 is 0 Å². The van der Waals surface area contributed by atoms with Gasteiger partial charge in [-0.2, -0.15) is 0 Å². The Kier molecular flexibility index (Phi) is 5.92. The number of carbonyl (C=O) groups is 1. The zero-order valence-corrected chi connectivity index (χ0v) is 14.8. The Labute approximate surface area is 144 Å². The van der Waals surface area contributed by atoms with E-state index in [0.717, 1.165) is 51.6 Å². The first-order chi connectivity index (χ1) is 11.6. The van der Waals surface area contributed by atoms with Gasteiger partial charge in [0.25, 0.3) is 0 Å². The van der Waals surface area contributed by atoms with Gasteiger partial charge >= 0.3 is 0 Å². The molecule has 0 aliphatic carbocycles. The van der Waals surface area contributed by atoms with Crippen LogP contribution in [0.1, 0.15) is 24.6 Å². The lowest BCUT2D eigenvalue weighted by Crippen LogP contribution is -2.42. The SMILES string of the molecule is CN(C)C(=O)COCC1CN(CC2CCOCC2)Cc2cccn21. The van der Waals surface area contributed by atoms with E-state index in [9.17, 15) is 4.79 Å². The molecule has 0 radical (unpaired) electrons. The van der Waals surface area contributed by atoms with Crippen molar-refractivity contribution in [3.05, 3.63) is 24.0 Å². The highest BCUT2D eigenvalue weighted by Gasteiger charge is 2.27. The normalized spacial score (nSPS) is 22.3. The van der Waals surface area contributed by atoms with E-state index >= 15 is 0 Å². The second kappa shape index (κ2) is 8.14. The highest BCUT2D eigenvalue weighted by atomic mass is 16.5. The summed E-state index contributed by atoms with van der Waals surface area (Å²) in [6.45, 7) is 5.63. The van der Waals surface area contributed by atoms with Crippen molar-refractivity contribution in [2.75, 3.05) is 53.6 Å². The monoisotopic (exact) mass is 335 g/mol. The van der Waals surface area contributed by atoms with Gasteiger partial charge in [-0.25, -0.2) is 0 Å². The molecule has 3 heterocycles. The first-order valence-electron chi connectivity index (χ1n) is 8.87. The molecule has 1 aromatic heterocycles. The molecule has 0 N–H and O–H groups in total. The van der Waals surface area contributed by atoms with Crippen molar-refractivity contribution < 1.29 is 14.3 Å². The maximum absolute atomic E-state index is 11.7. The number of fused-ring (bicyclic) bond motifs is 1. The van der Waals surface area contributed by atoms with Crippen molar-refractivity contribution >= 4 is 5.91 Å². The van der Waals surface area contributed by atoms with Gasteiger partial charge in [-0.15, -0.1) is 0 Å². The van der Waals surface area contributed by atoms with E-state index in [-0.39, 0.29) is 18.6 Å². The van der Waals surface area contributed by atoms with Crippen LogP contribution in [0, 0.1) is 5.92 Å². The molecule has 3 rings (SSSR count). The molecule has 6 heteroatoms. The summed E-state index contributed by atoms with van der Waals surface area (Å²) in [7, 11) is 3.51. The van der Waals surface area contributed by atoms with Crippen molar-refractivity contribution in [1.29, 1.82) is 0 Å². The van der Waals surface area contributed by atoms with Crippen LogP contribution in [-0.4, -0.2) is 73.9 Å². The quantitative estimate of drug-likeness (QED) is 0.788. The number of hydrogen-bond acceptors (Lipinski definition) is 4. The molecule has 6 nitrogen and oxygen atoms in total. The third-order valence-electron chi connectivity index (χ3n) is 5.01. The summed E-state index contributed by atoms with van der Waals surface area (Å²) in [5.74, 6) is 0.745. The van der Waals surface area contributed by atoms with E-state index in [1.807, 2.05) is 0 Å². The smallest absolute Gasteiger partial charge is 0.248 e. The number of likely N-dealkylation sites (N-methyl/N-ethyl adjacent to an activating group) is 1. The summed E-state index contributed by atoms with van der Waals surface area (Å²) in [5.41, 5.74) is 1.33. The van der Waals surface area contributed by atoms with Crippen LogP contribution in [-0.2, 0) is 20.8 Å². The average Bonchev–Trinajstić information content (AvgIpc) is 3.04. The van der Waals surface area contributed by atoms with Gasteiger partial charge in [0.15, 0.2) is 0 Å². The van der Waals surface area contributed by atoms with Crippen molar-refractivity contribution in [3.63, 3.8) is 0 Å². The van der Waals surface area contributed by atoms with Gasteiger partial charge in [0.2, 0.25) is 5.91 Å². The molecule has 2 aliphatic heterocycles. The van der Waals surface area contributed by atoms with Crippen LogP contribution in [0.3, 0.4) is 0 Å². The van der Waals surface area contributed by atoms with E-state index in [1.165, 1.54) is 5.69 Å². The lowest BCUT2D eigenvalue weighted by atomic mass is 9.99. The summed E-state index contributed by atoms with van der Waals surface area (Å²) in [6, 6.07) is 4.57. The van der Waals surface area contributed by atoms with Gasteiger partial charge in [0, 0.05) is 58.8 Å². The van der Waals surface area contributed by atoms with Crippen LogP contribution >= 0.6 is 0 Å². The number of nitrogens with zero attached hydrogens (tertiary/aromatic N) is 3. The van der Waals surface area contributed by atoms with Crippen molar-refractivity contribution in [2.24, 2.45) is 5.92 Å². The van der Waals surface area contributed by atoms with E-state index in [2.05, 4.69) is 27.8 Å². The minimum atomic E-state index is 0.0117. The summed E-state index contributed by atoms with van der Waals surface area (Å²) >= 11 is 0. The lowest BCUT2D eigenvalue weighted by Gasteiger charge is -2.37. The topological polar surface area (TPSA) is 46.9 Å². The Morgan fingerprint density at radius 1 is 1.38 bits per heavy atom. The Morgan fingerprint density at radius 3 is 2.92 bits per heavy atom. The average molecular weight is 335 g/mol. The van der Waals surface area contributed by atoms with E-state index in [4.69, 9.17) is 9.47 Å². The molecule has 2 aliphatic rings. The lowest BCUT2D eigenvalue weighted by molar-refractivity contribution is -0.134. The molecule has 1 amide bonds. The van der Waals surface area contributed by atoms with Crippen molar-refractivity contribution in [2.45, 2.75) is 25.4 Å². The number of rotatable bonds is 6. The highest BCUT2D eigenvalue weighted by molar-refractivity contribution is 5.76. The van der Waals surface area contributed by atoms with Crippen molar-refractivity contribution in [1.82, 2.24) is 14.4 Å². The van der Waals surface area contributed by atoms with Gasteiger partial charge in [0.05, 0.1) is 12.6 Å². The molecule has 134 valence electrons. The fraction of sp³-hybridized carbons (Fsp3) is 0.722. The second-order valence-electron chi connectivity index (χ2n) is 7.11. The fourth-order valence-electron chi connectivity index (χ4n) is 3.58. The van der Waals surface area contributed by atoms with E-state index in [1.54, 1.807) is 19.0 Å². The fourth-order valence-corrected chi connectivity index (χ4v) is 3.58. The number of carbonyl (C=O) groups excluding carboxylic acids is 1. The molecule has 0 bridgehead atoms. The van der Waals surface area contributed by atoms with Crippen LogP contribution in [0.5, 0.6) is 0 Å². The molecule has 0 aromatic carbocycles. The molecule has 1 unspecified atom stereocenters. The van der Waals surface area contributed by atoms with Gasteiger partial charge in [-0.1, -0.05) is 0 Å². The third-order valence-corrected chi connectivity index (χ3v) is 5.01. The van der Waals surface area contributed by atoms with Crippen LogP contribution in [0.4, 0.5) is 0 Å². The molecular weight excluding hydrogens is 306 g/mol. The van der Waals surface area contributed by atoms with E-state index < -0.39 is 0 Å². The summed E-state index contributed by atoms with van der Waals surface area (Å²) < 4.78 is 13.5. The Balaban J connectivity index is 1.56. The standard InChI is InChI=1S/C18H29N3O3/c1-19(2)18(22)14-24-13-17-12-20(10-15-5-8-23-9-6-15)11-16-4-3-7-21(16)17/h3-4,7,15,17H,5-6,8-14H2,1-2H3. The zero-order chi connectivity index (χ0) is 16.9. The summed E-state index contributed by atoms with van der Waals surface area (Å²) in [6.07, 6.45) is 4.45. The molecule has 1 atom stereocenters. The minimum absolute atomic E-state index is 0.0117. The molecule has 0 saturated carbocycles. The number of aromatic nitrogens is 1. The Bertz CT molecular complexity index is 537. The molecular formula is C18H29N3O3. The first kappa shape index (κ1) is 17.5.